The summed E-state index contributed by atoms with van der Waals surface area (Å²) < 4.78 is 0. The Morgan fingerprint density at radius 3 is 2.19 bits per heavy atom. The van der Waals surface area contributed by atoms with Crippen LogP contribution in [0, 0.1) is 5.92 Å². The maximum atomic E-state index is 2.78. The Morgan fingerprint density at radius 2 is 1.62 bits per heavy atom. The molecule has 0 radical (unpaired) electrons. The Kier molecular flexibility index (Phi) is 5.82. The third-order valence-electron chi connectivity index (χ3n) is 4.74. The maximum Gasteiger partial charge on any atom is 0.0229 e. The van der Waals surface area contributed by atoms with Crippen molar-refractivity contribution in [3.8, 4) is 0 Å². The van der Waals surface area contributed by atoms with E-state index in [9.17, 15) is 0 Å². The van der Waals surface area contributed by atoms with Gasteiger partial charge < -0.3 is 0 Å². The van der Waals surface area contributed by atoms with Gasteiger partial charge in [0.15, 0.2) is 0 Å². The summed E-state index contributed by atoms with van der Waals surface area (Å²) in [4.78, 5) is 2.78. The molecule has 0 aliphatic carbocycles. The summed E-state index contributed by atoms with van der Waals surface area (Å²) in [6.07, 6.45) is 9.91. The van der Waals surface area contributed by atoms with Gasteiger partial charge in [0.2, 0.25) is 0 Å². The molecule has 1 unspecified atom stereocenters. The predicted molar refractivity (Wildman–Crippen MR) is 72.8 cm³/mol. The SMILES string of the molecule is CCN1CCCCCCCC1(CC)C(C)C. The monoisotopic (exact) mass is 225 g/mol. The third-order valence-corrected chi connectivity index (χ3v) is 4.74. The molecule has 0 aromatic heterocycles. The summed E-state index contributed by atoms with van der Waals surface area (Å²) in [7, 11) is 0. The van der Waals surface area contributed by atoms with Gasteiger partial charge in [-0.15, -0.1) is 0 Å². The van der Waals surface area contributed by atoms with Crippen LogP contribution in [0.2, 0.25) is 0 Å². The summed E-state index contributed by atoms with van der Waals surface area (Å²) in [5.74, 6) is 0.788. The minimum atomic E-state index is 0.485. The van der Waals surface area contributed by atoms with Crippen LogP contribution in [0.3, 0.4) is 0 Å². The molecule has 96 valence electrons. The summed E-state index contributed by atoms with van der Waals surface area (Å²) in [6, 6.07) is 0. The molecule has 1 heterocycles. The quantitative estimate of drug-likeness (QED) is 0.685. The number of hydrogen-bond acceptors (Lipinski definition) is 1. The van der Waals surface area contributed by atoms with Gasteiger partial charge in [0.05, 0.1) is 0 Å². The van der Waals surface area contributed by atoms with Gasteiger partial charge in [-0.1, -0.05) is 53.4 Å². The highest BCUT2D eigenvalue weighted by Gasteiger charge is 2.36. The molecule has 1 saturated heterocycles. The van der Waals surface area contributed by atoms with Gasteiger partial charge in [-0.05, 0) is 38.3 Å². The van der Waals surface area contributed by atoms with E-state index in [1.807, 2.05) is 0 Å². The van der Waals surface area contributed by atoms with Crippen LogP contribution in [0.5, 0.6) is 0 Å². The molecule has 1 nitrogen and oxygen atoms in total. The zero-order valence-corrected chi connectivity index (χ0v) is 11.9. The highest BCUT2D eigenvalue weighted by molar-refractivity contribution is 4.92. The van der Waals surface area contributed by atoms with Crippen LogP contribution in [0.1, 0.15) is 72.6 Å². The molecule has 1 fully saturated rings. The smallest absolute Gasteiger partial charge is 0.0229 e. The fraction of sp³-hybridized carbons (Fsp3) is 1.00. The highest BCUT2D eigenvalue weighted by atomic mass is 15.2. The predicted octanol–water partition coefficient (Wildman–Crippen LogP) is 4.47. The van der Waals surface area contributed by atoms with E-state index in [4.69, 9.17) is 0 Å². The lowest BCUT2D eigenvalue weighted by molar-refractivity contribution is 0.0350. The Hall–Kier alpha value is -0.0400. The largest absolute Gasteiger partial charge is 0.298 e. The van der Waals surface area contributed by atoms with Crippen molar-refractivity contribution in [1.82, 2.24) is 4.90 Å². The van der Waals surface area contributed by atoms with Crippen molar-refractivity contribution < 1.29 is 0 Å². The third kappa shape index (κ3) is 3.00. The van der Waals surface area contributed by atoms with Crippen molar-refractivity contribution in [1.29, 1.82) is 0 Å². The zero-order valence-electron chi connectivity index (χ0n) is 11.9. The second-order valence-electron chi connectivity index (χ2n) is 5.71. The van der Waals surface area contributed by atoms with Gasteiger partial charge in [-0.3, -0.25) is 4.90 Å². The molecule has 0 aromatic carbocycles. The minimum absolute atomic E-state index is 0.485. The van der Waals surface area contributed by atoms with Crippen molar-refractivity contribution in [3.63, 3.8) is 0 Å². The van der Waals surface area contributed by atoms with Crippen LogP contribution in [-0.4, -0.2) is 23.5 Å². The molecule has 1 heteroatoms. The molecule has 0 N–H and O–H groups in total. The van der Waals surface area contributed by atoms with E-state index in [1.165, 1.54) is 58.0 Å². The van der Waals surface area contributed by atoms with Crippen molar-refractivity contribution >= 4 is 0 Å². The van der Waals surface area contributed by atoms with Crippen LogP contribution >= 0.6 is 0 Å². The number of rotatable bonds is 3. The normalized spacial score (nSPS) is 29.8. The zero-order chi connectivity index (χ0) is 12.0. The van der Waals surface area contributed by atoms with Crippen molar-refractivity contribution in [2.75, 3.05) is 13.1 Å². The van der Waals surface area contributed by atoms with Crippen LogP contribution in [-0.2, 0) is 0 Å². The summed E-state index contributed by atoms with van der Waals surface area (Å²) >= 11 is 0. The molecule has 0 bridgehead atoms. The van der Waals surface area contributed by atoms with Gasteiger partial charge in [0.25, 0.3) is 0 Å². The average molecular weight is 225 g/mol. The second-order valence-corrected chi connectivity index (χ2v) is 5.71. The second kappa shape index (κ2) is 6.64. The van der Waals surface area contributed by atoms with E-state index in [0.29, 0.717) is 5.54 Å². The molecule has 0 aromatic rings. The molecule has 0 amide bonds. The van der Waals surface area contributed by atoms with Gasteiger partial charge >= 0.3 is 0 Å². The molecule has 1 atom stereocenters. The van der Waals surface area contributed by atoms with Gasteiger partial charge in [-0.2, -0.15) is 0 Å². The first-order valence-electron chi connectivity index (χ1n) is 7.42. The average Bonchev–Trinajstić information content (AvgIpc) is 2.38. The topological polar surface area (TPSA) is 3.24 Å². The van der Waals surface area contributed by atoms with Crippen LogP contribution in [0.25, 0.3) is 0 Å². The highest BCUT2D eigenvalue weighted by Crippen LogP contribution is 2.35. The molecule has 0 saturated carbocycles. The van der Waals surface area contributed by atoms with Gasteiger partial charge in [0, 0.05) is 5.54 Å². The Balaban J connectivity index is 2.84. The lowest BCUT2D eigenvalue weighted by Crippen LogP contribution is -2.52. The molecule has 1 rings (SSSR count). The van der Waals surface area contributed by atoms with E-state index >= 15 is 0 Å². The van der Waals surface area contributed by atoms with Crippen molar-refractivity contribution in [3.05, 3.63) is 0 Å². The van der Waals surface area contributed by atoms with Crippen LogP contribution in [0.4, 0.5) is 0 Å². The summed E-state index contributed by atoms with van der Waals surface area (Å²) in [6.45, 7) is 12.1. The number of hydrogen-bond donors (Lipinski definition) is 0. The number of nitrogens with zero attached hydrogens (tertiary/aromatic N) is 1. The lowest BCUT2D eigenvalue weighted by atomic mass is 9.78. The first-order chi connectivity index (χ1) is 7.67. The fourth-order valence-corrected chi connectivity index (χ4v) is 3.58. The van der Waals surface area contributed by atoms with E-state index in [1.54, 1.807) is 0 Å². The summed E-state index contributed by atoms with van der Waals surface area (Å²) in [5, 5.41) is 0. The van der Waals surface area contributed by atoms with Crippen molar-refractivity contribution in [2.24, 2.45) is 5.92 Å². The van der Waals surface area contributed by atoms with Crippen molar-refractivity contribution in [2.45, 2.75) is 78.2 Å². The molecule has 0 spiro atoms. The molecular formula is C15H31N. The molecular weight excluding hydrogens is 194 g/mol. The lowest BCUT2D eigenvalue weighted by Gasteiger charge is -2.47. The van der Waals surface area contributed by atoms with E-state index < -0.39 is 0 Å². The Morgan fingerprint density at radius 1 is 1.00 bits per heavy atom. The van der Waals surface area contributed by atoms with E-state index in [-0.39, 0.29) is 0 Å². The fourth-order valence-electron chi connectivity index (χ4n) is 3.58. The van der Waals surface area contributed by atoms with Crippen LogP contribution < -0.4 is 0 Å². The molecule has 16 heavy (non-hydrogen) atoms. The van der Waals surface area contributed by atoms with E-state index in [0.717, 1.165) is 5.92 Å². The molecule has 1 aliphatic rings. The first-order valence-corrected chi connectivity index (χ1v) is 7.42. The standard InChI is InChI=1S/C15H31N/c1-5-15(14(3)4)12-10-8-7-9-11-13-16(15)6-2/h14H,5-13H2,1-4H3. The Labute approximate surface area is 103 Å². The first kappa shape index (κ1) is 14.0. The van der Waals surface area contributed by atoms with Gasteiger partial charge in [-0.25, -0.2) is 0 Å². The summed E-state index contributed by atoms with van der Waals surface area (Å²) in [5.41, 5.74) is 0.485. The van der Waals surface area contributed by atoms with E-state index in [2.05, 4.69) is 32.6 Å². The minimum Gasteiger partial charge on any atom is -0.298 e. The Bertz CT molecular complexity index is 188. The molecule has 1 aliphatic heterocycles. The van der Waals surface area contributed by atoms with Gasteiger partial charge in [0.1, 0.15) is 0 Å². The maximum absolute atomic E-state index is 2.78. The van der Waals surface area contributed by atoms with Crippen LogP contribution in [0.15, 0.2) is 0 Å².